The van der Waals surface area contributed by atoms with Gasteiger partial charge in [0.2, 0.25) is 15.9 Å². The van der Waals surface area contributed by atoms with Gasteiger partial charge in [0.25, 0.3) is 0 Å². The van der Waals surface area contributed by atoms with Crippen LogP contribution in [0.1, 0.15) is 33.6 Å². The van der Waals surface area contributed by atoms with Crippen molar-refractivity contribution in [2.75, 3.05) is 43.8 Å². The number of carbonyl (C=O) groups excluding carboxylic acids is 3. The second-order valence-corrected chi connectivity index (χ2v) is 8.84. The van der Waals surface area contributed by atoms with E-state index in [9.17, 15) is 22.8 Å². The lowest BCUT2D eigenvalue weighted by Crippen LogP contribution is -2.31. The van der Waals surface area contributed by atoms with Gasteiger partial charge in [-0.3, -0.25) is 9.10 Å². The molecule has 0 radical (unpaired) electrons. The van der Waals surface area contributed by atoms with Gasteiger partial charge in [0.1, 0.15) is 5.75 Å². The number of methoxy groups -OCH3 is 3. The number of anilines is 2. The van der Waals surface area contributed by atoms with E-state index in [-0.39, 0.29) is 36.2 Å². The highest BCUT2D eigenvalue weighted by Gasteiger charge is 2.20. The summed E-state index contributed by atoms with van der Waals surface area (Å²) in [6.07, 6.45) is 1.23. The summed E-state index contributed by atoms with van der Waals surface area (Å²) in [5.41, 5.74) is 0.702. The van der Waals surface area contributed by atoms with E-state index in [1.165, 1.54) is 43.8 Å². The molecular formula is C22H26N2O8S. The van der Waals surface area contributed by atoms with Gasteiger partial charge in [-0.05, 0) is 36.8 Å². The Labute approximate surface area is 192 Å². The Balaban J connectivity index is 2.13. The van der Waals surface area contributed by atoms with Crippen LogP contribution >= 0.6 is 0 Å². The standard InChI is InChI=1S/C22H26N2O8S/c1-30-17-8-5-7-16(14-17)24(33(4,28)29)12-6-9-20(25)23-19-13-15(21(26)31-2)10-11-18(19)22(27)32-3/h5,7-8,10-11,13-14H,6,9,12H2,1-4H3,(H,23,25). The van der Waals surface area contributed by atoms with E-state index in [2.05, 4.69) is 10.1 Å². The van der Waals surface area contributed by atoms with Gasteiger partial charge in [-0.15, -0.1) is 0 Å². The molecule has 1 N–H and O–H groups in total. The highest BCUT2D eigenvalue weighted by atomic mass is 32.2. The quantitative estimate of drug-likeness (QED) is 0.516. The van der Waals surface area contributed by atoms with E-state index in [1.54, 1.807) is 24.3 Å². The molecule has 0 spiro atoms. The van der Waals surface area contributed by atoms with Crippen LogP contribution in [0.15, 0.2) is 42.5 Å². The first-order valence-electron chi connectivity index (χ1n) is 9.83. The Bertz CT molecular complexity index is 1130. The van der Waals surface area contributed by atoms with Crippen molar-refractivity contribution in [3.8, 4) is 5.75 Å². The molecule has 0 bridgehead atoms. The Morgan fingerprint density at radius 3 is 2.27 bits per heavy atom. The van der Waals surface area contributed by atoms with Gasteiger partial charge in [0.05, 0.1) is 50.1 Å². The first-order valence-corrected chi connectivity index (χ1v) is 11.7. The summed E-state index contributed by atoms with van der Waals surface area (Å²) in [5, 5.41) is 2.58. The maximum absolute atomic E-state index is 12.5. The summed E-state index contributed by atoms with van der Waals surface area (Å²) in [7, 11) is 0.280. The minimum Gasteiger partial charge on any atom is -0.497 e. The van der Waals surface area contributed by atoms with E-state index < -0.39 is 27.9 Å². The number of amides is 1. The molecule has 0 aliphatic rings. The minimum atomic E-state index is -3.61. The molecule has 0 fully saturated rings. The second-order valence-electron chi connectivity index (χ2n) is 6.93. The molecule has 0 unspecified atom stereocenters. The number of esters is 2. The number of nitrogens with one attached hydrogen (secondary N) is 1. The zero-order valence-corrected chi connectivity index (χ0v) is 19.6. The van der Waals surface area contributed by atoms with Crippen molar-refractivity contribution in [2.45, 2.75) is 12.8 Å². The normalized spacial score (nSPS) is 10.8. The van der Waals surface area contributed by atoms with E-state index in [1.807, 2.05) is 0 Å². The summed E-state index contributed by atoms with van der Waals surface area (Å²) in [6.45, 7) is 0.0471. The van der Waals surface area contributed by atoms with Gasteiger partial charge in [-0.2, -0.15) is 0 Å². The van der Waals surface area contributed by atoms with Crippen LogP contribution in [0.3, 0.4) is 0 Å². The molecule has 0 atom stereocenters. The third kappa shape index (κ3) is 6.94. The number of nitrogens with zero attached hydrogens (tertiary/aromatic N) is 1. The van der Waals surface area contributed by atoms with E-state index >= 15 is 0 Å². The SMILES string of the molecule is COC(=O)c1ccc(C(=O)OC)c(NC(=O)CCCN(c2cccc(OC)c2)S(C)(=O)=O)c1. The molecule has 0 saturated heterocycles. The molecule has 0 aliphatic carbocycles. The highest BCUT2D eigenvalue weighted by molar-refractivity contribution is 7.92. The van der Waals surface area contributed by atoms with Crippen molar-refractivity contribution in [2.24, 2.45) is 0 Å². The van der Waals surface area contributed by atoms with Crippen molar-refractivity contribution in [3.63, 3.8) is 0 Å². The minimum absolute atomic E-state index is 0.0426. The van der Waals surface area contributed by atoms with Gasteiger partial charge in [0, 0.05) is 19.0 Å². The lowest BCUT2D eigenvalue weighted by molar-refractivity contribution is -0.116. The number of benzene rings is 2. The Morgan fingerprint density at radius 1 is 0.970 bits per heavy atom. The van der Waals surface area contributed by atoms with Crippen LogP contribution < -0.4 is 14.4 Å². The summed E-state index contributed by atoms with van der Waals surface area (Å²) < 4.78 is 40.2. The average Bonchev–Trinajstić information content (AvgIpc) is 2.79. The largest absolute Gasteiger partial charge is 0.497 e. The van der Waals surface area contributed by atoms with Crippen LogP contribution in [0, 0.1) is 0 Å². The number of carbonyl (C=O) groups is 3. The van der Waals surface area contributed by atoms with Gasteiger partial charge in [-0.25, -0.2) is 18.0 Å². The topological polar surface area (TPSA) is 128 Å². The van der Waals surface area contributed by atoms with E-state index in [0.29, 0.717) is 11.4 Å². The number of hydrogen-bond acceptors (Lipinski definition) is 8. The van der Waals surface area contributed by atoms with Crippen LogP contribution in [0.4, 0.5) is 11.4 Å². The monoisotopic (exact) mass is 478 g/mol. The Kier molecular flexibility index (Phi) is 8.80. The third-order valence-electron chi connectivity index (χ3n) is 4.63. The van der Waals surface area contributed by atoms with Crippen molar-refractivity contribution in [1.82, 2.24) is 0 Å². The average molecular weight is 479 g/mol. The number of sulfonamides is 1. The molecule has 2 aromatic rings. The number of ether oxygens (including phenoxy) is 3. The lowest BCUT2D eigenvalue weighted by atomic mass is 10.1. The molecule has 0 saturated carbocycles. The smallest absolute Gasteiger partial charge is 0.339 e. The second kappa shape index (κ2) is 11.3. The fourth-order valence-corrected chi connectivity index (χ4v) is 3.99. The molecule has 10 nitrogen and oxygen atoms in total. The van der Waals surface area contributed by atoms with Crippen LogP contribution in [0.5, 0.6) is 5.75 Å². The van der Waals surface area contributed by atoms with Crippen LogP contribution in [-0.4, -0.2) is 60.4 Å². The fraction of sp³-hybridized carbons (Fsp3) is 0.318. The molecule has 11 heteroatoms. The summed E-state index contributed by atoms with van der Waals surface area (Å²) >= 11 is 0. The molecule has 0 aromatic heterocycles. The van der Waals surface area contributed by atoms with Gasteiger partial charge >= 0.3 is 11.9 Å². The predicted molar refractivity (Wildman–Crippen MR) is 122 cm³/mol. The molecule has 0 heterocycles. The van der Waals surface area contributed by atoms with Crippen LogP contribution in [-0.2, 0) is 24.3 Å². The number of hydrogen-bond donors (Lipinski definition) is 1. The molecule has 2 rings (SSSR count). The first kappa shape index (κ1) is 25.7. The van der Waals surface area contributed by atoms with Gasteiger partial charge in [0.15, 0.2) is 0 Å². The molecular weight excluding hydrogens is 452 g/mol. The Morgan fingerprint density at radius 2 is 1.67 bits per heavy atom. The maximum Gasteiger partial charge on any atom is 0.339 e. The molecule has 178 valence electrons. The molecule has 2 aromatic carbocycles. The summed E-state index contributed by atoms with van der Waals surface area (Å²) in [4.78, 5) is 36.3. The highest BCUT2D eigenvalue weighted by Crippen LogP contribution is 2.24. The van der Waals surface area contributed by atoms with Crippen molar-refractivity contribution >= 4 is 39.2 Å². The van der Waals surface area contributed by atoms with Crippen molar-refractivity contribution < 1.29 is 37.0 Å². The third-order valence-corrected chi connectivity index (χ3v) is 5.82. The maximum atomic E-state index is 12.5. The van der Waals surface area contributed by atoms with E-state index in [4.69, 9.17) is 9.47 Å². The van der Waals surface area contributed by atoms with Crippen LogP contribution in [0.25, 0.3) is 0 Å². The van der Waals surface area contributed by atoms with Crippen molar-refractivity contribution in [3.05, 3.63) is 53.6 Å². The van der Waals surface area contributed by atoms with Gasteiger partial charge < -0.3 is 19.5 Å². The predicted octanol–water partition coefficient (Wildman–Crippen LogP) is 2.45. The van der Waals surface area contributed by atoms with Gasteiger partial charge in [-0.1, -0.05) is 6.07 Å². The van der Waals surface area contributed by atoms with Crippen LogP contribution in [0.2, 0.25) is 0 Å². The first-order chi connectivity index (χ1) is 15.6. The zero-order chi connectivity index (χ0) is 24.6. The summed E-state index contributed by atoms with van der Waals surface area (Å²) in [5.74, 6) is -1.30. The number of rotatable bonds is 10. The lowest BCUT2D eigenvalue weighted by Gasteiger charge is -2.22. The fourth-order valence-electron chi connectivity index (χ4n) is 3.03. The summed E-state index contributed by atoms with van der Waals surface area (Å²) in [6, 6.07) is 10.6. The molecule has 0 aliphatic heterocycles. The Hall–Kier alpha value is -3.60. The van der Waals surface area contributed by atoms with Crippen molar-refractivity contribution in [1.29, 1.82) is 0 Å². The van der Waals surface area contributed by atoms with E-state index in [0.717, 1.165) is 6.26 Å². The molecule has 1 amide bonds. The zero-order valence-electron chi connectivity index (χ0n) is 18.8. The molecule has 33 heavy (non-hydrogen) atoms.